The number of aryl methyl sites for hydroxylation is 1. The molecule has 84 valence electrons. The van der Waals surface area contributed by atoms with Crippen molar-refractivity contribution in [2.75, 3.05) is 0 Å². The van der Waals surface area contributed by atoms with Gasteiger partial charge in [-0.15, -0.1) is 13.2 Å². The monoisotopic (exact) mass is 212 g/mol. The van der Waals surface area contributed by atoms with E-state index < -0.39 is 0 Å². The zero-order chi connectivity index (χ0) is 11.8. The summed E-state index contributed by atoms with van der Waals surface area (Å²) in [6.07, 6.45) is 1.11. The molecule has 0 heteroatoms. The molecule has 0 saturated heterocycles. The molecule has 0 atom stereocenters. The third-order valence-corrected chi connectivity index (χ3v) is 2.47. The van der Waals surface area contributed by atoms with Crippen LogP contribution in [0.4, 0.5) is 0 Å². The minimum atomic E-state index is 0. The second-order valence-corrected chi connectivity index (χ2v) is 3.42. The molecule has 0 bridgehead atoms. The van der Waals surface area contributed by atoms with Gasteiger partial charge in [0, 0.05) is 1.43 Å². The van der Waals surface area contributed by atoms with E-state index in [9.17, 15) is 0 Å². The van der Waals surface area contributed by atoms with E-state index in [4.69, 9.17) is 0 Å². The van der Waals surface area contributed by atoms with Gasteiger partial charge in [-0.05, 0) is 23.1 Å². The molecule has 0 heterocycles. The number of benzene rings is 2. The Balaban J connectivity index is 0.000000811. The molecule has 0 unspecified atom stereocenters. The van der Waals surface area contributed by atoms with Crippen LogP contribution < -0.4 is 0 Å². The van der Waals surface area contributed by atoms with Gasteiger partial charge in [0.15, 0.2) is 0 Å². The van der Waals surface area contributed by atoms with Crippen LogP contribution in [0.2, 0.25) is 0 Å². The number of hydrogen-bond donors (Lipinski definition) is 0. The summed E-state index contributed by atoms with van der Waals surface area (Å²) in [6.45, 7) is 8.18. The highest BCUT2D eigenvalue weighted by Crippen LogP contribution is 2.19. The van der Waals surface area contributed by atoms with Crippen molar-refractivity contribution in [3.63, 3.8) is 0 Å². The maximum Gasteiger partial charge on any atom is 0 e. The molecular formula is C16H20. The lowest BCUT2D eigenvalue weighted by Gasteiger charge is -2.02. The molecular weight excluding hydrogens is 192 g/mol. The quantitative estimate of drug-likeness (QED) is 0.617. The summed E-state index contributed by atoms with van der Waals surface area (Å²) in [5.41, 5.74) is 3.97. The standard InChI is InChI=1S/C14H14.C2H4.H2/c1-2-12-8-10-14(11-9-12)13-6-4-3-5-7-13;1-2;/h3-11H,2H2,1H3;1-2H2;1H. The number of hydrogen-bond acceptors (Lipinski definition) is 0. The van der Waals surface area contributed by atoms with Gasteiger partial charge in [0.2, 0.25) is 0 Å². The van der Waals surface area contributed by atoms with Crippen molar-refractivity contribution < 1.29 is 1.43 Å². The molecule has 0 aliphatic heterocycles. The maximum atomic E-state index is 3.00. The Bertz CT molecular complexity index is 403. The molecule has 0 nitrogen and oxygen atoms in total. The van der Waals surface area contributed by atoms with Crippen LogP contribution in [0.25, 0.3) is 11.1 Å². The molecule has 0 aliphatic carbocycles. The minimum absolute atomic E-state index is 0. The molecule has 2 aromatic carbocycles. The fraction of sp³-hybridized carbons (Fsp3) is 0.125. The van der Waals surface area contributed by atoms with Crippen molar-refractivity contribution >= 4 is 0 Å². The van der Waals surface area contributed by atoms with E-state index in [2.05, 4.69) is 68.6 Å². The van der Waals surface area contributed by atoms with Crippen molar-refractivity contribution in [3.8, 4) is 11.1 Å². The molecule has 0 spiro atoms. The summed E-state index contributed by atoms with van der Waals surface area (Å²) in [6, 6.07) is 19.2. The topological polar surface area (TPSA) is 0 Å². The largest absolute Gasteiger partial charge is 0.106 e. The van der Waals surface area contributed by atoms with Crippen molar-refractivity contribution in [2.24, 2.45) is 0 Å². The first-order valence-electron chi connectivity index (χ1n) is 5.54. The van der Waals surface area contributed by atoms with E-state index in [0.717, 1.165) is 6.42 Å². The van der Waals surface area contributed by atoms with Gasteiger partial charge in [-0.3, -0.25) is 0 Å². The van der Waals surface area contributed by atoms with Gasteiger partial charge in [-0.2, -0.15) is 0 Å². The Morgan fingerprint density at radius 1 is 0.812 bits per heavy atom. The van der Waals surface area contributed by atoms with Gasteiger partial charge in [-0.1, -0.05) is 61.5 Å². The van der Waals surface area contributed by atoms with Crippen molar-refractivity contribution in [2.45, 2.75) is 13.3 Å². The van der Waals surface area contributed by atoms with Crippen LogP contribution in [0.5, 0.6) is 0 Å². The van der Waals surface area contributed by atoms with Crippen LogP contribution in [-0.2, 0) is 6.42 Å². The van der Waals surface area contributed by atoms with Crippen LogP contribution in [0.3, 0.4) is 0 Å². The molecule has 2 rings (SSSR count). The van der Waals surface area contributed by atoms with E-state index >= 15 is 0 Å². The second-order valence-electron chi connectivity index (χ2n) is 3.42. The van der Waals surface area contributed by atoms with Gasteiger partial charge in [0.25, 0.3) is 0 Å². The predicted molar refractivity (Wildman–Crippen MR) is 74.6 cm³/mol. The third kappa shape index (κ3) is 3.09. The Morgan fingerprint density at radius 3 is 1.81 bits per heavy atom. The molecule has 0 fully saturated rings. The first-order chi connectivity index (χ1) is 7.90. The highest BCUT2D eigenvalue weighted by Gasteiger charge is 1.95. The zero-order valence-electron chi connectivity index (χ0n) is 9.82. The van der Waals surface area contributed by atoms with E-state index in [1.807, 2.05) is 6.07 Å². The lowest BCUT2D eigenvalue weighted by atomic mass is 10.0. The Kier molecular flexibility index (Phi) is 5.07. The molecule has 0 radical (unpaired) electrons. The van der Waals surface area contributed by atoms with Gasteiger partial charge >= 0.3 is 0 Å². The maximum absolute atomic E-state index is 3.00. The minimum Gasteiger partial charge on any atom is -0.106 e. The first kappa shape index (κ1) is 12.3. The van der Waals surface area contributed by atoms with Gasteiger partial charge in [0.1, 0.15) is 0 Å². The molecule has 0 saturated carbocycles. The highest BCUT2D eigenvalue weighted by molar-refractivity contribution is 5.63. The SMILES string of the molecule is C=C.CCc1ccc(-c2ccccc2)cc1.[HH]. The van der Waals surface area contributed by atoms with E-state index in [-0.39, 0.29) is 1.43 Å². The summed E-state index contributed by atoms with van der Waals surface area (Å²) in [4.78, 5) is 0. The van der Waals surface area contributed by atoms with Gasteiger partial charge < -0.3 is 0 Å². The molecule has 0 N–H and O–H groups in total. The second kappa shape index (κ2) is 6.62. The molecule has 0 aromatic heterocycles. The first-order valence-corrected chi connectivity index (χ1v) is 5.54. The lowest BCUT2D eigenvalue weighted by molar-refractivity contribution is 1.14. The van der Waals surface area contributed by atoms with E-state index in [0.29, 0.717) is 0 Å². The average Bonchev–Trinajstić information content (AvgIpc) is 2.42. The fourth-order valence-corrected chi connectivity index (χ4v) is 1.56. The molecule has 0 amide bonds. The molecule has 2 aromatic rings. The van der Waals surface area contributed by atoms with Crippen LogP contribution in [-0.4, -0.2) is 0 Å². The van der Waals surface area contributed by atoms with Gasteiger partial charge in [-0.25, -0.2) is 0 Å². The summed E-state index contributed by atoms with van der Waals surface area (Å²) < 4.78 is 0. The van der Waals surface area contributed by atoms with Crippen LogP contribution >= 0.6 is 0 Å². The van der Waals surface area contributed by atoms with Crippen molar-refractivity contribution in [1.29, 1.82) is 0 Å². The van der Waals surface area contributed by atoms with Crippen LogP contribution in [0, 0.1) is 0 Å². The van der Waals surface area contributed by atoms with Gasteiger partial charge in [0.05, 0.1) is 0 Å². The van der Waals surface area contributed by atoms with E-state index in [1.54, 1.807) is 0 Å². The van der Waals surface area contributed by atoms with Crippen LogP contribution in [0.1, 0.15) is 13.9 Å². The number of rotatable bonds is 2. The van der Waals surface area contributed by atoms with E-state index in [1.165, 1.54) is 16.7 Å². The summed E-state index contributed by atoms with van der Waals surface area (Å²) in [7, 11) is 0. The smallest absolute Gasteiger partial charge is 0 e. The Morgan fingerprint density at radius 2 is 1.31 bits per heavy atom. The third-order valence-electron chi connectivity index (χ3n) is 2.47. The summed E-state index contributed by atoms with van der Waals surface area (Å²) in [5, 5.41) is 0. The summed E-state index contributed by atoms with van der Waals surface area (Å²) >= 11 is 0. The highest BCUT2D eigenvalue weighted by atomic mass is 14.0. The average molecular weight is 212 g/mol. The molecule has 16 heavy (non-hydrogen) atoms. The lowest BCUT2D eigenvalue weighted by Crippen LogP contribution is -1.80. The normalized spacial score (nSPS) is 9.06. The zero-order valence-corrected chi connectivity index (χ0v) is 9.82. The molecule has 0 aliphatic rings. The Labute approximate surface area is 99.7 Å². The van der Waals surface area contributed by atoms with Crippen molar-refractivity contribution in [3.05, 3.63) is 73.3 Å². The fourth-order valence-electron chi connectivity index (χ4n) is 1.56. The van der Waals surface area contributed by atoms with Crippen molar-refractivity contribution in [1.82, 2.24) is 0 Å². The van der Waals surface area contributed by atoms with Crippen LogP contribution in [0.15, 0.2) is 67.8 Å². The predicted octanol–water partition coefficient (Wildman–Crippen LogP) is 4.96. The Hall–Kier alpha value is -1.82. The summed E-state index contributed by atoms with van der Waals surface area (Å²) in [5.74, 6) is 0.